The van der Waals surface area contributed by atoms with Crippen LogP contribution in [0.2, 0.25) is 10.0 Å². The van der Waals surface area contributed by atoms with Crippen molar-refractivity contribution in [2.45, 2.75) is 38.8 Å². The van der Waals surface area contributed by atoms with Crippen LogP contribution in [0, 0.1) is 0 Å². The van der Waals surface area contributed by atoms with Gasteiger partial charge >= 0.3 is 0 Å². The van der Waals surface area contributed by atoms with Crippen LogP contribution in [0.15, 0.2) is 38.5 Å². The molecule has 0 fully saturated rings. The fourth-order valence-electron chi connectivity index (χ4n) is 2.85. The molecule has 3 rings (SSSR count). The summed E-state index contributed by atoms with van der Waals surface area (Å²) < 4.78 is 5.32. The van der Waals surface area contributed by atoms with Crippen LogP contribution in [0.3, 0.4) is 0 Å². The highest BCUT2D eigenvalue weighted by Crippen LogP contribution is 2.23. The van der Waals surface area contributed by atoms with Crippen molar-refractivity contribution >= 4 is 40.9 Å². The second-order valence-corrected chi connectivity index (χ2v) is 7.17. The van der Waals surface area contributed by atoms with Crippen molar-refractivity contribution in [1.29, 1.82) is 0 Å². The van der Waals surface area contributed by atoms with Crippen LogP contribution in [-0.2, 0) is 16.1 Å². The van der Waals surface area contributed by atoms with Gasteiger partial charge in [-0.2, -0.15) is 9.98 Å². The minimum Gasteiger partial charge on any atom is -0.382 e. The van der Waals surface area contributed by atoms with E-state index in [1.165, 1.54) is 0 Å². The molecule has 0 bridgehead atoms. The first-order valence-corrected chi connectivity index (χ1v) is 9.99. The van der Waals surface area contributed by atoms with E-state index in [4.69, 9.17) is 27.9 Å². The maximum atomic E-state index is 12.5. The second-order valence-electron chi connectivity index (χ2n) is 6.36. The lowest BCUT2D eigenvalue weighted by Crippen LogP contribution is -2.43. The SMILES string of the molecule is CCOCCCCCN1N=NC2=NC(NCc3ccc(Cl)c(Cl)c3)=NC(=O)C21. The van der Waals surface area contributed by atoms with Gasteiger partial charge in [0.25, 0.3) is 5.91 Å². The van der Waals surface area contributed by atoms with E-state index in [9.17, 15) is 4.79 Å². The zero-order valence-electron chi connectivity index (χ0n) is 15.6. The Morgan fingerprint density at radius 1 is 1.18 bits per heavy atom. The van der Waals surface area contributed by atoms with Crippen LogP contribution in [0.5, 0.6) is 0 Å². The van der Waals surface area contributed by atoms with E-state index in [0.29, 0.717) is 29.0 Å². The van der Waals surface area contributed by atoms with Crippen LogP contribution in [-0.4, -0.2) is 48.5 Å². The molecule has 1 aromatic carbocycles. The molecule has 2 aliphatic rings. The fraction of sp³-hybridized carbons (Fsp3) is 0.500. The molecular weight excluding hydrogens is 403 g/mol. The van der Waals surface area contributed by atoms with Gasteiger partial charge in [-0.3, -0.25) is 9.80 Å². The molecule has 1 N–H and O–H groups in total. The molecule has 8 nitrogen and oxygen atoms in total. The monoisotopic (exact) mass is 424 g/mol. The van der Waals surface area contributed by atoms with Crippen molar-refractivity contribution in [3.63, 3.8) is 0 Å². The van der Waals surface area contributed by atoms with E-state index >= 15 is 0 Å². The molecule has 0 saturated carbocycles. The number of amidine groups is 1. The summed E-state index contributed by atoms with van der Waals surface area (Å²) in [6.45, 7) is 4.51. The summed E-state index contributed by atoms with van der Waals surface area (Å²) in [4.78, 5) is 20.8. The predicted octanol–water partition coefficient (Wildman–Crippen LogP) is 3.64. The van der Waals surface area contributed by atoms with Gasteiger partial charge in [-0.25, -0.2) is 0 Å². The lowest BCUT2D eigenvalue weighted by molar-refractivity contribution is -0.120. The van der Waals surface area contributed by atoms with Crippen molar-refractivity contribution in [2.24, 2.45) is 20.3 Å². The van der Waals surface area contributed by atoms with Crippen LogP contribution in [0.25, 0.3) is 0 Å². The van der Waals surface area contributed by atoms with Gasteiger partial charge in [-0.1, -0.05) is 34.5 Å². The molecule has 28 heavy (non-hydrogen) atoms. The van der Waals surface area contributed by atoms with Gasteiger partial charge in [0.2, 0.25) is 5.96 Å². The van der Waals surface area contributed by atoms with Gasteiger partial charge in [0, 0.05) is 26.3 Å². The second kappa shape index (κ2) is 9.95. The number of aliphatic imine (C=N–C) groups is 2. The van der Waals surface area contributed by atoms with Gasteiger partial charge in [0.1, 0.15) is 0 Å². The molecule has 1 atom stereocenters. The molecule has 0 saturated heterocycles. The molecule has 1 aromatic rings. The smallest absolute Gasteiger partial charge is 0.281 e. The average molecular weight is 425 g/mol. The van der Waals surface area contributed by atoms with E-state index in [0.717, 1.165) is 38.0 Å². The summed E-state index contributed by atoms with van der Waals surface area (Å²) in [5.41, 5.74) is 0.897. The number of nitrogens with one attached hydrogen (secondary N) is 1. The Balaban J connectivity index is 1.51. The Hall–Kier alpha value is -2.03. The molecule has 10 heteroatoms. The zero-order valence-corrected chi connectivity index (χ0v) is 17.1. The van der Waals surface area contributed by atoms with Crippen molar-refractivity contribution in [3.8, 4) is 0 Å². The molecule has 2 aliphatic heterocycles. The van der Waals surface area contributed by atoms with E-state index in [2.05, 4.69) is 25.6 Å². The molecule has 0 radical (unpaired) electrons. The highest BCUT2D eigenvalue weighted by molar-refractivity contribution is 6.42. The molecule has 150 valence electrons. The summed E-state index contributed by atoms with van der Waals surface area (Å²) in [6.07, 6.45) is 2.88. The number of hydrogen-bond donors (Lipinski definition) is 1. The Morgan fingerprint density at radius 3 is 2.82 bits per heavy atom. The first-order chi connectivity index (χ1) is 13.6. The van der Waals surface area contributed by atoms with E-state index in [1.54, 1.807) is 17.1 Å². The van der Waals surface area contributed by atoms with Gasteiger partial charge in [0.15, 0.2) is 11.9 Å². The fourth-order valence-corrected chi connectivity index (χ4v) is 3.17. The first kappa shape index (κ1) is 20.7. The summed E-state index contributed by atoms with van der Waals surface area (Å²) in [7, 11) is 0. The molecule has 1 amide bonds. The highest BCUT2D eigenvalue weighted by Gasteiger charge is 2.38. The van der Waals surface area contributed by atoms with E-state index in [1.807, 2.05) is 13.0 Å². The number of unbranched alkanes of at least 4 members (excludes halogenated alkanes) is 2. The lowest BCUT2D eigenvalue weighted by atomic mass is 10.2. The summed E-state index contributed by atoms with van der Waals surface area (Å²) in [5.74, 6) is 0.270. The Labute approximate surface area is 173 Å². The lowest BCUT2D eigenvalue weighted by Gasteiger charge is -2.21. The average Bonchev–Trinajstić information content (AvgIpc) is 3.09. The van der Waals surface area contributed by atoms with E-state index < -0.39 is 6.04 Å². The van der Waals surface area contributed by atoms with Crippen LogP contribution < -0.4 is 5.32 Å². The maximum absolute atomic E-state index is 12.5. The number of benzene rings is 1. The summed E-state index contributed by atoms with van der Waals surface area (Å²) in [6, 6.07) is 4.68. The van der Waals surface area contributed by atoms with Crippen molar-refractivity contribution in [3.05, 3.63) is 33.8 Å². The Kier molecular flexibility index (Phi) is 7.36. The van der Waals surface area contributed by atoms with Crippen molar-refractivity contribution in [2.75, 3.05) is 19.8 Å². The number of amides is 1. The van der Waals surface area contributed by atoms with Crippen LogP contribution in [0.4, 0.5) is 0 Å². The van der Waals surface area contributed by atoms with Crippen molar-refractivity contribution in [1.82, 2.24) is 10.3 Å². The number of hydrogen-bond acceptors (Lipinski definition) is 7. The first-order valence-electron chi connectivity index (χ1n) is 9.23. The maximum Gasteiger partial charge on any atom is 0.281 e. The van der Waals surface area contributed by atoms with Gasteiger partial charge in [-0.15, -0.1) is 5.11 Å². The highest BCUT2D eigenvalue weighted by atomic mass is 35.5. The summed E-state index contributed by atoms with van der Waals surface area (Å²) in [5, 5.41) is 13.8. The number of carbonyl (C=O) groups excluding carboxylic acids is 1. The Bertz CT molecular complexity index is 811. The molecule has 0 aliphatic carbocycles. The number of fused-ring (bicyclic) bond motifs is 1. The zero-order chi connectivity index (χ0) is 19.9. The van der Waals surface area contributed by atoms with Crippen LogP contribution in [0.1, 0.15) is 31.7 Å². The number of guanidine groups is 1. The number of nitrogens with zero attached hydrogens (tertiary/aromatic N) is 5. The largest absolute Gasteiger partial charge is 0.382 e. The minimum atomic E-state index is -0.623. The predicted molar refractivity (Wildman–Crippen MR) is 109 cm³/mol. The third-order valence-corrected chi connectivity index (χ3v) is 5.03. The molecule has 2 heterocycles. The van der Waals surface area contributed by atoms with Gasteiger partial charge in [0.05, 0.1) is 10.0 Å². The van der Waals surface area contributed by atoms with Crippen molar-refractivity contribution < 1.29 is 9.53 Å². The molecule has 0 aromatic heterocycles. The quantitative estimate of drug-likeness (QED) is 0.612. The number of ether oxygens (including phenoxy) is 1. The molecule has 1 unspecified atom stereocenters. The van der Waals surface area contributed by atoms with Crippen LogP contribution >= 0.6 is 23.2 Å². The Morgan fingerprint density at radius 2 is 2.04 bits per heavy atom. The van der Waals surface area contributed by atoms with E-state index in [-0.39, 0.29) is 11.9 Å². The summed E-state index contributed by atoms with van der Waals surface area (Å²) >= 11 is 11.9. The third-order valence-electron chi connectivity index (χ3n) is 4.29. The number of carbonyl (C=O) groups is 1. The molecular formula is C18H22Cl2N6O2. The van der Waals surface area contributed by atoms with Gasteiger partial charge in [-0.05, 0) is 43.9 Å². The topological polar surface area (TPSA) is 91.0 Å². The standard InChI is InChI=1S/C18H22Cl2N6O2/c1-2-28-9-5-3-4-8-26-15-16(24-25-26)22-18(23-17(15)27)21-11-12-6-7-13(19)14(20)10-12/h6-7,10,15H,2-5,8-9,11H2,1H3,(H,21,23,27). The molecule has 0 spiro atoms. The van der Waals surface area contributed by atoms with Gasteiger partial charge < -0.3 is 10.1 Å². The number of rotatable bonds is 9. The number of halogens is 2. The minimum absolute atomic E-state index is 0.222. The normalized spacial score (nSPS) is 18.2. The third kappa shape index (κ3) is 5.27.